The van der Waals surface area contributed by atoms with E-state index in [0.717, 1.165) is 0 Å². The van der Waals surface area contributed by atoms with Gasteiger partial charge in [-0.1, -0.05) is 6.07 Å². The molecule has 0 bridgehead atoms. The van der Waals surface area contributed by atoms with Crippen LogP contribution >= 0.6 is 0 Å². The van der Waals surface area contributed by atoms with Crippen LogP contribution in [-0.4, -0.2) is 42.9 Å². The monoisotopic (exact) mass is 297 g/mol. The van der Waals surface area contributed by atoms with E-state index in [1.165, 1.54) is 14.2 Å². The summed E-state index contributed by atoms with van der Waals surface area (Å²) >= 11 is 0. The largest absolute Gasteiger partial charge is 0.493 e. The number of rotatable bonds is 9. The van der Waals surface area contributed by atoms with Crippen LogP contribution in [0.5, 0.6) is 11.5 Å². The number of ether oxygens (including phenoxy) is 2. The van der Waals surface area contributed by atoms with Crippen LogP contribution in [0, 0.1) is 0 Å². The number of nitrogens with one attached hydrogen (secondary N) is 1. The molecule has 1 unspecified atom stereocenters. The van der Waals surface area contributed by atoms with E-state index in [4.69, 9.17) is 14.6 Å². The Hall–Kier alpha value is -2.28. The molecule has 21 heavy (non-hydrogen) atoms. The number of aliphatic carboxylic acids is 2. The van der Waals surface area contributed by atoms with Gasteiger partial charge in [0.15, 0.2) is 11.5 Å². The van der Waals surface area contributed by atoms with Gasteiger partial charge >= 0.3 is 11.9 Å². The molecular formula is C14H19NO6. The van der Waals surface area contributed by atoms with Crippen molar-refractivity contribution in [1.82, 2.24) is 5.32 Å². The van der Waals surface area contributed by atoms with Gasteiger partial charge in [-0.3, -0.25) is 9.59 Å². The number of carboxylic acids is 2. The number of hydrogen-bond donors (Lipinski definition) is 3. The van der Waals surface area contributed by atoms with E-state index >= 15 is 0 Å². The Kier molecular flexibility index (Phi) is 6.48. The van der Waals surface area contributed by atoms with Crippen molar-refractivity contribution < 1.29 is 29.3 Å². The molecule has 1 rings (SSSR count). The van der Waals surface area contributed by atoms with Crippen LogP contribution in [0.4, 0.5) is 0 Å². The minimum Gasteiger partial charge on any atom is -0.493 e. The van der Waals surface area contributed by atoms with Crippen molar-refractivity contribution in [3.63, 3.8) is 0 Å². The first-order valence-corrected chi connectivity index (χ1v) is 6.39. The lowest BCUT2D eigenvalue weighted by Crippen LogP contribution is -2.29. The third kappa shape index (κ3) is 4.96. The van der Waals surface area contributed by atoms with Crippen LogP contribution in [0.2, 0.25) is 0 Å². The van der Waals surface area contributed by atoms with Crippen LogP contribution < -0.4 is 14.8 Å². The molecule has 0 radical (unpaired) electrons. The summed E-state index contributed by atoms with van der Waals surface area (Å²) < 4.78 is 10.2. The van der Waals surface area contributed by atoms with Crippen molar-refractivity contribution in [1.29, 1.82) is 0 Å². The Bertz CT molecular complexity index is 502. The lowest BCUT2D eigenvalue weighted by atomic mass is 10.1. The minimum absolute atomic E-state index is 0.00866. The Morgan fingerprint density at radius 1 is 1.19 bits per heavy atom. The van der Waals surface area contributed by atoms with E-state index in [0.29, 0.717) is 23.5 Å². The molecule has 7 heteroatoms. The molecule has 7 nitrogen and oxygen atoms in total. The first-order chi connectivity index (χ1) is 9.99. The first kappa shape index (κ1) is 16.8. The van der Waals surface area contributed by atoms with Gasteiger partial charge in [0, 0.05) is 6.42 Å². The molecule has 1 aromatic carbocycles. The van der Waals surface area contributed by atoms with Crippen LogP contribution in [0.25, 0.3) is 0 Å². The van der Waals surface area contributed by atoms with E-state index in [2.05, 4.69) is 5.32 Å². The van der Waals surface area contributed by atoms with Gasteiger partial charge in [-0.05, 0) is 30.7 Å². The van der Waals surface area contributed by atoms with Crippen molar-refractivity contribution in [3.05, 3.63) is 23.8 Å². The number of benzene rings is 1. The van der Waals surface area contributed by atoms with Crippen LogP contribution in [0.15, 0.2) is 18.2 Å². The summed E-state index contributed by atoms with van der Waals surface area (Å²) in [5.74, 6) is -1.00. The number of carboxylic acid groups (broad SMARTS) is 2. The third-order valence-electron chi connectivity index (χ3n) is 2.90. The highest BCUT2D eigenvalue weighted by molar-refractivity contribution is 5.76. The Morgan fingerprint density at radius 3 is 2.38 bits per heavy atom. The molecule has 3 N–H and O–H groups in total. The van der Waals surface area contributed by atoms with Gasteiger partial charge in [0.05, 0.1) is 14.2 Å². The second-order valence-electron chi connectivity index (χ2n) is 4.34. The van der Waals surface area contributed by atoms with Gasteiger partial charge in [-0.15, -0.1) is 0 Å². The van der Waals surface area contributed by atoms with Crippen LogP contribution in [0.3, 0.4) is 0 Å². The van der Waals surface area contributed by atoms with E-state index < -0.39 is 18.0 Å². The quantitative estimate of drug-likeness (QED) is 0.590. The molecule has 0 fully saturated rings. The van der Waals surface area contributed by atoms with Gasteiger partial charge in [0.25, 0.3) is 0 Å². The van der Waals surface area contributed by atoms with E-state index in [1.807, 2.05) is 0 Å². The SMILES string of the molecule is COc1ccc(C(NCCCC(=O)O)C(=O)O)cc1OC. The lowest BCUT2D eigenvalue weighted by molar-refractivity contribution is -0.139. The molecular weight excluding hydrogens is 278 g/mol. The molecule has 0 aromatic heterocycles. The fourth-order valence-electron chi connectivity index (χ4n) is 1.87. The standard InChI is InChI=1S/C14H19NO6/c1-20-10-6-5-9(8-11(10)21-2)13(14(18)19)15-7-3-4-12(16)17/h5-6,8,13,15H,3-4,7H2,1-2H3,(H,16,17)(H,18,19). The zero-order valence-corrected chi connectivity index (χ0v) is 12.0. The molecule has 0 aliphatic rings. The molecule has 0 spiro atoms. The predicted octanol–water partition coefficient (Wildman–Crippen LogP) is 1.28. The Balaban J connectivity index is 2.80. The zero-order valence-electron chi connectivity index (χ0n) is 12.0. The first-order valence-electron chi connectivity index (χ1n) is 6.39. The Morgan fingerprint density at radius 2 is 1.86 bits per heavy atom. The van der Waals surface area contributed by atoms with Crippen molar-refractivity contribution in [2.45, 2.75) is 18.9 Å². The molecule has 0 amide bonds. The fraction of sp³-hybridized carbons (Fsp3) is 0.429. The molecule has 0 aliphatic heterocycles. The number of methoxy groups -OCH3 is 2. The fourth-order valence-corrected chi connectivity index (χ4v) is 1.87. The third-order valence-corrected chi connectivity index (χ3v) is 2.90. The highest BCUT2D eigenvalue weighted by Gasteiger charge is 2.20. The summed E-state index contributed by atoms with van der Waals surface area (Å²) in [6.07, 6.45) is 0.345. The highest BCUT2D eigenvalue weighted by Crippen LogP contribution is 2.30. The van der Waals surface area contributed by atoms with Crippen molar-refractivity contribution in [3.8, 4) is 11.5 Å². The minimum atomic E-state index is -1.04. The maximum Gasteiger partial charge on any atom is 0.325 e. The molecule has 0 aliphatic carbocycles. The average Bonchev–Trinajstić information content (AvgIpc) is 2.45. The summed E-state index contributed by atoms with van der Waals surface area (Å²) in [7, 11) is 2.97. The number of carbonyl (C=O) groups is 2. The van der Waals surface area contributed by atoms with E-state index in [9.17, 15) is 14.7 Å². The van der Waals surface area contributed by atoms with Crippen LogP contribution in [0.1, 0.15) is 24.4 Å². The molecule has 0 saturated carbocycles. The van der Waals surface area contributed by atoms with Gasteiger partial charge in [0.1, 0.15) is 6.04 Å². The maximum absolute atomic E-state index is 11.3. The average molecular weight is 297 g/mol. The van der Waals surface area contributed by atoms with Gasteiger partial charge in [-0.2, -0.15) is 0 Å². The van der Waals surface area contributed by atoms with Crippen LogP contribution in [-0.2, 0) is 9.59 Å². The molecule has 0 heterocycles. The smallest absolute Gasteiger partial charge is 0.325 e. The summed E-state index contributed by atoms with van der Waals surface area (Å²) in [6.45, 7) is 0.289. The van der Waals surface area contributed by atoms with E-state index in [1.54, 1.807) is 18.2 Å². The lowest BCUT2D eigenvalue weighted by Gasteiger charge is -2.16. The summed E-state index contributed by atoms with van der Waals surface area (Å²) in [6, 6.07) is 3.91. The molecule has 0 saturated heterocycles. The van der Waals surface area contributed by atoms with Crippen molar-refractivity contribution >= 4 is 11.9 Å². The maximum atomic E-state index is 11.3. The Labute approximate surface area is 122 Å². The van der Waals surface area contributed by atoms with Gasteiger partial charge in [0.2, 0.25) is 0 Å². The topological polar surface area (TPSA) is 105 Å². The molecule has 1 aromatic rings. The summed E-state index contributed by atoms with van der Waals surface area (Å²) in [4.78, 5) is 21.8. The second kappa shape index (κ2) is 8.11. The molecule has 116 valence electrons. The van der Waals surface area contributed by atoms with E-state index in [-0.39, 0.29) is 13.0 Å². The second-order valence-corrected chi connectivity index (χ2v) is 4.34. The van der Waals surface area contributed by atoms with Crippen molar-refractivity contribution in [2.75, 3.05) is 20.8 Å². The molecule has 1 atom stereocenters. The van der Waals surface area contributed by atoms with Gasteiger partial charge < -0.3 is 25.0 Å². The van der Waals surface area contributed by atoms with Crippen molar-refractivity contribution in [2.24, 2.45) is 0 Å². The highest BCUT2D eigenvalue weighted by atomic mass is 16.5. The normalized spacial score (nSPS) is 11.7. The van der Waals surface area contributed by atoms with Gasteiger partial charge in [-0.25, -0.2) is 0 Å². The summed E-state index contributed by atoms with van der Waals surface area (Å²) in [5.41, 5.74) is 0.510. The predicted molar refractivity (Wildman–Crippen MR) is 74.8 cm³/mol. The zero-order chi connectivity index (χ0) is 15.8. The number of hydrogen-bond acceptors (Lipinski definition) is 5. The summed E-state index contributed by atoms with van der Waals surface area (Å²) in [5, 5.41) is 20.7.